The van der Waals surface area contributed by atoms with Gasteiger partial charge in [0.15, 0.2) is 0 Å². The lowest BCUT2D eigenvalue weighted by Crippen LogP contribution is -2.00. The zero-order chi connectivity index (χ0) is 11.5. The molecular weight excluding hydrogens is 196 g/mol. The van der Waals surface area contributed by atoms with E-state index in [2.05, 4.69) is 22.6 Å². The Labute approximate surface area is 89.6 Å². The third-order valence-corrected chi connectivity index (χ3v) is 1.69. The molecule has 0 saturated heterocycles. The maximum absolute atomic E-state index is 10.8. The first kappa shape index (κ1) is 13.4. The van der Waals surface area contributed by atoms with Crippen molar-refractivity contribution < 1.29 is 19.1 Å². The monoisotopic (exact) mass is 212 g/mol. The highest BCUT2D eigenvalue weighted by Crippen LogP contribution is 2.05. The average molecular weight is 212 g/mol. The summed E-state index contributed by atoms with van der Waals surface area (Å²) in [5.74, 6) is -0.586. The Morgan fingerprint density at radius 3 is 1.60 bits per heavy atom. The highest BCUT2D eigenvalue weighted by molar-refractivity contribution is 5.70. The van der Waals surface area contributed by atoms with Gasteiger partial charge in [-0.3, -0.25) is 9.59 Å². The molecule has 0 aromatic carbocycles. The van der Waals surface area contributed by atoms with Crippen LogP contribution in [0.25, 0.3) is 0 Å². The Hall–Kier alpha value is -1.58. The van der Waals surface area contributed by atoms with Crippen LogP contribution in [0.5, 0.6) is 0 Å². The maximum atomic E-state index is 10.8. The molecule has 0 aliphatic carbocycles. The molecular formula is C11H16O4. The van der Waals surface area contributed by atoms with Crippen molar-refractivity contribution in [3.8, 4) is 0 Å². The number of unbranched alkanes of at least 4 members (excludes halogenated alkanes) is 2. The molecule has 0 rings (SSSR count). The molecule has 0 amide bonds. The normalized spacial score (nSPS) is 9.07. The van der Waals surface area contributed by atoms with Gasteiger partial charge in [0.1, 0.15) is 0 Å². The largest absolute Gasteiger partial charge is 0.435 e. The maximum Gasteiger partial charge on any atom is 0.310 e. The Kier molecular flexibility index (Phi) is 8.05. The van der Waals surface area contributed by atoms with Gasteiger partial charge in [0, 0.05) is 12.8 Å². The Morgan fingerprint density at radius 1 is 0.867 bits per heavy atom. The van der Waals surface area contributed by atoms with Crippen molar-refractivity contribution in [1.29, 1.82) is 0 Å². The van der Waals surface area contributed by atoms with Crippen molar-refractivity contribution in [3.63, 3.8) is 0 Å². The molecule has 0 atom stereocenters. The molecule has 84 valence electrons. The molecule has 0 heterocycles. The van der Waals surface area contributed by atoms with E-state index >= 15 is 0 Å². The number of carbonyl (C=O) groups excluding carboxylic acids is 2. The van der Waals surface area contributed by atoms with E-state index in [1.165, 1.54) is 0 Å². The minimum atomic E-state index is -0.293. The summed E-state index contributed by atoms with van der Waals surface area (Å²) >= 11 is 0. The van der Waals surface area contributed by atoms with Gasteiger partial charge in [-0.15, -0.1) is 0 Å². The van der Waals surface area contributed by atoms with Gasteiger partial charge in [0.2, 0.25) is 0 Å². The van der Waals surface area contributed by atoms with Crippen molar-refractivity contribution in [3.05, 3.63) is 25.7 Å². The van der Waals surface area contributed by atoms with Crippen LogP contribution >= 0.6 is 0 Å². The van der Waals surface area contributed by atoms with Crippen molar-refractivity contribution in [2.75, 3.05) is 0 Å². The lowest BCUT2D eigenvalue weighted by molar-refractivity contribution is -0.138. The van der Waals surface area contributed by atoms with Gasteiger partial charge < -0.3 is 9.47 Å². The minimum absolute atomic E-state index is 0.293. The Bertz CT molecular complexity index is 209. The second-order valence-corrected chi connectivity index (χ2v) is 2.87. The predicted octanol–water partition coefficient (Wildman–Crippen LogP) is 2.31. The van der Waals surface area contributed by atoms with E-state index in [0.717, 1.165) is 18.9 Å². The SMILES string of the molecule is C=COC(=O)CCCCCC(=O)OC=C. The van der Waals surface area contributed by atoms with Gasteiger partial charge in [-0.05, 0) is 12.8 Å². The van der Waals surface area contributed by atoms with Crippen LogP contribution in [0.4, 0.5) is 0 Å². The lowest BCUT2D eigenvalue weighted by atomic mass is 10.1. The first-order chi connectivity index (χ1) is 7.20. The summed E-state index contributed by atoms with van der Waals surface area (Å²) in [6.07, 6.45) is 5.12. The van der Waals surface area contributed by atoms with E-state index in [0.29, 0.717) is 25.7 Å². The fraction of sp³-hybridized carbons (Fsp3) is 0.455. The number of hydrogen-bond donors (Lipinski definition) is 0. The smallest absolute Gasteiger partial charge is 0.310 e. The minimum Gasteiger partial charge on any atom is -0.435 e. The zero-order valence-corrected chi connectivity index (χ0v) is 8.74. The molecule has 0 aliphatic heterocycles. The molecule has 0 spiro atoms. The van der Waals surface area contributed by atoms with E-state index in [1.807, 2.05) is 0 Å². The number of carbonyl (C=O) groups is 2. The van der Waals surface area contributed by atoms with Crippen LogP contribution in [0.3, 0.4) is 0 Å². The van der Waals surface area contributed by atoms with Crippen molar-refractivity contribution in [2.24, 2.45) is 0 Å². The summed E-state index contributed by atoms with van der Waals surface area (Å²) < 4.78 is 9.06. The van der Waals surface area contributed by atoms with Crippen LogP contribution < -0.4 is 0 Å². The molecule has 0 radical (unpaired) electrons. The van der Waals surface area contributed by atoms with Crippen LogP contribution in [-0.2, 0) is 19.1 Å². The third kappa shape index (κ3) is 8.74. The van der Waals surface area contributed by atoms with Gasteiger partial charge in [-0.25, -0.2) is 0 Å². The topological polar surface area (TPSA) is 52.6 Å². The quantitative estimate of drug-likeness (QED) is 0.352. The summed E-state index contributed by atoms with van der Waals surface area (Å²) in [6, 6.07) is 0. The van der Waals surface area contributed by atoms with Crippen molar-refractivity contribution in [1.82, 2.24) is 0 Å². The molecule has 0 N–H and O–H groups in total. The molecule has 0 unspecified atom stereocenters. The number of esters is 2. The second-order valence-electron chi connectivity index (χ2n) is 2.87. The highest BCUT2D eigenvalue weighted by atomic mass is 16.5. The Balaban J connectivity index is 3.31. The predicted molar refractivity (Wildman–Crippen MR) is 55.7 cm³/mol. The Morgan fingerprint density at radius 2 is 1.27 bits per heavy atom. The molecule has 0 saturated carbocycles. The van der Waals surface area contributed by atoms with Gasteiger partial charge in [-0.2, -0.15) is 0 Å². The van der Waals surface area contributed by atoms with E-state index in [1.54, 1.807) is 0 Å². The average Bonchev–Trinajstić information content (AvgIpc) is 2.18. The number of rotatable bonds is 8. The van der Waals surface area contributed by atoms with Crippen LogP contribution in [0, 0.1) is 0 Å². The van der Waals surface area contributed by atoms with E-state index in [4.69, 9.17) is 0 Å². The van der Waals surface area contributed by atoms with Crippen LogP contribution in [0.1, 0.15) is 32.1 Å². The summed E-state index contributed by atoms with van der Waals surface area (Å²) in [6.45, 7) is 6.55. The molecule has 0 aliphatic rings. The number of ether oxygens (including phenoxy) is 2. The molecule has 0 bridgehead atoms. The summed E-state index contributed by atoms with van der Waals surface area (Å²) in [7, 11) is 0. The zero-order valence-electron chi connectivity index (χ0n) is 8.74. The van der Waals surface area contributed by atoms with E-state index < -0.39 is 0 Å². The molecule has 0 aromatic heterocycles. The van der Waals surface area contributed by atoms with Crippen molar-refractivity contribution >= 4 is 11.9 Å². The molecule has 15 heavy (non-hydrogen) atoms. The fourth-order valence-electron chi connectivity index (χ4n) is 1.02. The first-order valence-corrected chi connectivity index (χ1v) is 4.81. The van der Waals surface area contributed by atoms with Gasteiger partial charge >= 0.3 is 11.9 Å². The van der Waals surface area contributed by atoms with E-state index in [-0.39, 0.29) is 11.9 Å². The van der Waals surface area contributed by atoms with Crippen LogP contribution in [-0.4, -0.2) is 11.9 Å². The van der Waals surface area contributed by atoms with Crippen LogP contribution in [0.15, 0.2) is 25.7 Å². The lowest BCUT2D eigenvalue weighted by Gasteiger charge is -2.00. The summed E-state index contributed by atoms with van der Waals surface area (Å²) in [5.41, 5.74) is 0. The van der Waals surface area contributed by atoms with Gasteiger partial charge in [0.05, 0.1) is 12.5 Å². The third-order valence-electron chi connectivity index (χ3n) is 1.69. The second kappa shape index (κ2) is 8.99. The summed E-state index contributed by atoms with van der Waals surface area (Å²) in [5, 5.41) is 0. The standard InChI is InChI=1S/C11H16O4/c1-3-14-10(12)8-6-5-7-9-11(13)15-4-2/h3-4H,1-2,5-9H2. The highest BCUT2D eigenvalue weighted by Gasteiger charge is 2.02. The van der Waals surface area contributed by atoms with Gasteiger partial charge in [-0.1, -0.05) is 19.6 Å². The first-order valence-electron chi connectivity index (χ1n) is 4.81. The number of hydrogen-bond acceptors (Lipinski definition) is 4. The van der Waals surface area contributed by atoms with Crippen LogP contribution in [0.2, 0.25) is 0 Å². The van der Waals surface area contributed by atoms with E-state index in [9.17, 15) is 9.59 Å². The fourth-order valence-corrected chi connectivity index (χ4v) is 1.02. The molecule has 4 nitrogen and oxygen atoms in total. The molecule has 0 fully saturated rings. The molecule has 0 aromatic rings. The van der Waals surface area contributed by atoms with Gasteiger partial charge in [0.25, 0.3) is 0 Å². The van der Waals surface area contributed by atoms with Crippen molar-refractivity contribution in [2.45, 2.75) is 32.1 Å². The summed E-state index contributed by atoms with van der Waals surface area (Å²) in [4.78, 5) is 21.7. The molecule has 4 heteroatoms.